The molecule has 0 spiro atoms. The first-order valence-corrected chi connectivity index (χ1v) is 12.0. The Hall–Kier alpha value is -5.15. The Morgan fingerprint density at radius 2 is 1.49 bits per heavy atom. The lowest BCUT2D eigenvalue weighted by molar-refractivity contribution is -0.384. The predicted molar refractivity (Wildman–Crippen MR) is 141 cm³/mol. The van der Waals surface area contributed by atoms with Gasteiger partial charge in [0, 0.05) is 28.3 Å². The molecule has 192 valence electrons. The number of nitro benzene ring substituents is 1. The van der Waals surface area contributed by atoms with E-state index in [-0.39, 0.29) is 28.1 Å². The molecule has 0 unspecified atom stereocenters. The third kappa shape index (κ3) is 4.90. The first-order chi connectivity index (χ1) is 18.7. The molecule has 4 aromatic carbocycles. The molecule has 0 radical (unpaired) electrons. The first kappa shape index (κ1) is 25.5. The molecule has 10 heteroatoms. The average Bonchev–Trinajstić information content (AvgIpc) is 3.21. The Labute approximate surface area is 226 Å². The van der Waals surface area contributed by atoms with E-state index >= 15 is 0 Å². The van der Waals surface area contributed by atoms with Crippen molar-refractivity contribution < 1.29 is 28.8 Å². The van der Waals surface area contributed by atoms with Gasteiger partial charge in [-0.15, -0.1) is 0 Å². The van der Waals surface area contributed by atoms with Crippen LogP contribution < -0.4 is 4.90 Å². The number of imide groups is 1. The summed E-state index contributed by atoms with van der Waals surface area (Å²) in [6, 6.07) is 23.5. The number of benzene rings is 4. The second-order valence-corrected chi connectivity index (χ2v) is 8.99. The third-order valence-corrected chi connectivity index (χ3v) is 6.37. The van der Waals surface area contributed by atoms with Crippen molar-refractivity contribution in [1.82, 2.24) is 0 Å². The first-order valence-electron chi connectivity index (χ1n) is 11.6. The van der Waals surface area contributed by atoms with Gasteiger partial charge in [0.1, 0.15) is 0 Å². The number of rotatable bonds is 7. The summed E-state index contributed by atoms with van der Waals surface area (Å²) in [6.45, 7) is 0. The van der Waals surface area contributed by atoms with Crippen LogP contribution in [0.3, 0.4) is 0 Å². The number of fused-ring (bicyclic) bond motifs is 1. The normalized spacial score (nSPS) is 13.1. The number of anilines is 1. The minimum absolute atomic E-state index is 0.0239. The molecular formula is C29H17ClN2O7. The summed E-state index contributed by atoms with van der Waals surface area (Å²) in [6.07, 6.45) is -1.30. The van der Waals surface area contributed by atoms with Crippen molar-refractivity contribution in [3.8, 4) is 0 Å². The second kappa shape index (κ2) is 10.3. The van der Waals surface area contributed by atoms with Crippen LogP contribution in [0, 0.1) is 10.1 Å². The molecule has 5 rings (SSSR count). The van der Waals surface area contributed by atoms with Crippen LogP contribution in [0.25, 0.3) is 0 Å². The van der Waals surface area contributed by atoms with Gasteiger partial charge >= 0.3 is 5.97 Å². The lowest BCUT2D eigenvalue weighted by Gasteiger charge is -2.18. The number of ketones is 1. The fourth-order valence-corrected chi connectivity index (χ4v) is 4.31. The minimum Gasteiger partial charge on any atom is -0.445 e. The van der Waals surface area contributed by atoms with Gasteiger partial charge in [-0.3, -0.25) is 24.5 Å². The molecule has 1 aliphatic rings. The van der Waals surface area contributed by atoms with Gasteiger partial charge in [0.25, 0.3) is 17.5 Å². The van der Waals surface area contributed by atoms with Crippen LogP contribution in [0.5, 0.6) is 0 Å². The molecule has 39 heavy (non-hydrogen) atoms. The maximum atomic E-state index is 13.3. The molecule has 1 aliphatic heterocycles. The Bertz CT molecular complexity index is 1650. The molecule has 0 saturated carbocycles. The zero-order chi connectivity index (χ0) is 27.7. The summed E-state index contributed by atoms with van der Waals surface area (Å²) >= 11 is 5.98. The van der Waals surface area contributed by atoms with E-state index in [9.17, 15) is 29.3 Å². The molecule has 0 aromatic heterocycles. The highest BCUT2D eigenvalue weighted by atomic mass is 35.5. The molecule has 0 saturated heterocycles. The van der Waals surface area contributed by atoms with Gasteiger partial charge in [0.2, 0.25) is 5.78 Å². The smallest absolute Gasteiger partial charge is 0.339 e. The van der Waals surface area contributed by atoms with Crippen molar-refractivity contribution in [2.24, 2.45) is 0 Å². The fraction of sp³-hybridized carbons (Fsp3) is 0.0345. The quantitative estimate of drug-likeness (QED) is 0.0949. The summed E-state index contributed by atoms with van der Waals surface area (Å²) in [5, 5.41) is 11.6. The van der Waals surface area contributed by atoms with Gasteiger partial charge in [-0.25, -0.2) is 9.69 Å². The summed E-state index contributed by atoms with van der Waals surface area (Å²) in [5.41, 5.74) is 0.352. The Morgan fingerprint density at radius 3 is 2.18 bits per heavy atom. The van der Waals surface area contributed by atoms with Gasteiger partial charge in [-0.1, -0.05) is 60.1 Å². The van der Waals surface area contributed by atoms with Crippen molar-refractivity contribution in [3.05, 3.63) is 140 Å². The number of carbonyl (C=O) groups is 4. The van der Waals surface area contributed by atoms with Crippen molar-refractivity contribution in [3.63, 3.8) is 0 Å². The number of hydrogen-bond acceptors (Lipinski definition) is 7. The van der Waals surface area contributed by atoms with Crippen LogP contribution in [0.4, 0.5) is 11.4 Å². The number of nitro groups is 1. The number of nitrogens with zero attached hydrogens (tertiary/aromatic N) is 2. The van der Waals surface area contributed by atoms with Crippen molar-refractivity contribution in [2.75, 3.05) is 4.90 Å². The summed E-state index contributed by atoms with van der Waals surface area (Å²) in [7, 11) is 0. The summed E-state index contributed by atoms with van der Waals surface area (Å²) in [4.78, 5) is 63.9. The molecule has 0 bridgehead atoms. The monoisotopic (exact) mass is 540 g/mol. The number of hydrogen-bond donors (Lipinski definition) is 0. The minimum atomic E-state index is -1.30. The van der Waals surface area contributed by atoms with Crippen LogP contribution in [0.2, 0.25) is 5.02 Å². The highest BCUT2D eigenvalue weighted by Crippen LogP contribution is 2.32. The number of non-ortho nitro benzene ring substituents is 1. The lowest BCUT2D eigenvalue weighted by Crippen LogP contribution is -2.29. The fourth-order valence-electron chi connectivity index (χ4n) is 4.19. The zero-order valence-corrected chi connectivity index (χ0v) is 20.7. The van der Waals surface area contributed by atoms with E-state index in [1.165, 1.54) is 36.4 Å². The molecule has 4 aromatic rings. The number of amides is 2. The largest absolute Gasteiger partial charge is 0.445 e. The van der Waals surface area contributed by atoms with Crippen molar-refractivity contribution in [1.29, 1.82) is 0 Å². The van der Waals surface area contributed by atoms with E-state index in [0.717, 1.165) is 11.0 Å². The number of halogens is 1. The van der Waals surface area contributed by atoms with Crippen LogP contribution in [0.15, 0.2) is 97.1 Å². The highest BCUT2D eigenvalue weighted by molar-refractivity contribution is 6.34. The maximum absolute atomic E-state index is 13.3. The number of Topliss-reactive ketones (excluding diaryl/α,β-unsaturated/α-hetero) is 1. The lowest BCUT2D eigenvalue weighted by atomic mass is 9.99. The van der Waals surface area contributed by atoms with E-state index in [0.29, 0.717) is 16.1 Å². The molecule has 2 amide bonds. The number of carbonyl (C=O) groups excluding carboxylic acids is 4. The van der Waals surface area contributed by atoms with Gasteiger partial charge in [-0.05, 0) is 36.4 Å². The molecule has 1 atom stereocenters. The van der Waals surface area contributed by atoms with E-state index in [1.54, 1.807) is 54.6 Å². The SMILES string of the molecule is O=C(O[C@@H](C(=O)c1ccccc1)c1ccc(Cl)cc1)c1ccc2c(c1)C(=O)N(c1cccc([N+](=O)[O-])c1)C2=O. The molecule has 1 heterocycles. The Balaban J connectivity index is 1.45. The van der Waals surface area contributed by atoms with Crippen LogP contribution in [-0.2, 0) is 4.74 Å². The third-order valence-electron chi connectivity index (χ3n) is 6.12. The van der Waals surface area contributed by atoms with Gasteiger partial charge in [-0.2, -0.15) is 0 Å². The van der Waals surface area contributed by atoms with Crippen LogP contribution >= 0.6 is 11.6 Å². The topological polar surface area (TPSA) is 124 Å². The van der Waals surface area contributed by atoms with Gasteiger partial charge in [0.05, 0.1) is 27.3 Å². The predicted octanol–water partition coefficient (Wildman–Crippen LogP) is 5.83. The maximum Gasteiger partial charge on any atom is 0.339 e. The zero-order valence-electron chi connectivity index (χ0n) is 19.9. The molecule has 0 fully saturated rings. The highest BCUT2D eigenvalue weighted by Gasteiger charge is 2.38. The summed E-state index contributed by atoms with van der Waals surface area (Å²) < 4.78 is 5.64. The van der Waals surface area contributed by atoms with Crippen molar-refractivity contribution in [2.45, 2.75) is 6.10 Å². The van der Waals surface area contributed by atoms with Crippen molar-refractivity contribution >= 4 is 46.5 Å². The van der Waals surface area contributed by atoms with E-state index in [2.05, 4.69) is 0 Å². The Morgan fingerprint density at radius 1 is 0.795 bits per heavy atom. The number of ether oxygens (including phenoxy) is 1. The standard InChI is InChI=1S/C29H17ClN2O7/c30-20-12-9-18(10-13-20)26(25(33)17-5-2-1-3-6-17)39-29(36)19-11-14-23-24(15-19)28(35)31(27(23)34)21-7-4-8-22(16-21)32(37)38/h1-16,26H/t26-/m1/s1. The molecular weight excluding hydrogens is 524 g/mol. The van der Waals surface area contributed by atoms with Gasteiger partial charge < -0.3 is 4.74 Å². The molecule has 9 nitrogen and oxygen atoms in total. The van der Waals surface area contributed by atoms with Crippen LogP contribution in [0.1, 0.15) is 53.1 Å². The van der Waals surface area contributed by atoms with Gasteiger partial charge in [0.15, 0.2) is 6.10 Å². The van der Waals surface area contributed by atoms with Crippen LogP contribution in [-0.4, -0.2) is 28.5 Å². The second-order valence-electron chi connectivity index (χ2n) is 8.55. The van der Waals surface area contributed by atoms with E-state index in [4.69, 9.17) is 16.3 Å². The van der Waals surface area contributed by atoms with E-state index in [1.807, 2.05) is 0 Å². The average molecular weight is 541 g/mol. The number of esters is 1. The summed E-state index contributed by atoms with van der Waals surface area (Å²) in [5.74, 6) is -2.79. The molecule has 0 N–H and O–H groups in total. The molecule has 0 aliphatic carbocycles. The van der Waals surface area contributed by atoms with E-state index < -0.39 is 34.6 Å². The Kier molecular flexibility index (Phi) is 6.74.